The summed E-state index contributed by atoms with van der Waals surface area (Å²) < 4.78 is 27.5. The molecule has 0 amide bonds. The minimum Gasteiger partial charge on any atom is -0.326 e. The molecule has 0 aromatic heterocycles. The lowest BCUT2D eigenvalue weighted by atomic mass is 10.1. The van der Waals surface area contributed by atoms with Crippen LogP contribution in [0, 0.1) is 0 Å². The van der Waals surface area contributed by atoms with E-state index in [9.17, 15) is 8.42 Å². The first-order valence-electron chi connectivity index (χ1n) is 6.81. The van der Waals surface area contributed by atoms with E-state index in [1.165, 1.54) is 0 Å². The Hall–Kier alpha value is -0.560. The van der Waals surface area contributed by atoms with Gasteiger partial charge in [0, 0.05) is 18.3 Å². The molecule has 0 aliphatic heterocycles. The number of aryl methyl sites for hydroxylation is 1. The smallest absolute Gasteiger partial charge is 0.240 e. The van der Waals surface area contributed by atoms with Crippen LogP contribution >= 0.6 is 11.8 Å². The highest BCUT2D eigenvalue weighted by Gasteiger charge is 2.19. The topological polar surface area (TPSA) is 72.2 Å². The van der Waals surface area contributed by atoms with Gasteiger partial charge < -0.3 is 5.73 Å². The first-order valence-corrected chi connectivity index (χ1v) is 9.69. The Morgan fingerprint density at radius 2 is 2.00 bits per heavy atom. The number of nitrogens with two attached hydrogens (primary N) is 1. The minimum atomic E-state index is -3.47. The number of thioether (sulfide) groups is 1. The highest BCUT2D eigenvalue weighted by atomic mass is 32.2. The van der Waals surface area contributed by atoms with E-state index in [-0.39, 0.29) is 6.04 Å². The fourth-order valence-electron chi connectivity index (χ4n) is 2.03. The molecule has 6 heteroatoms. The van der Waals surface area contributed by atoms with E-state index < -0.39 is 10.0 Å². The van der Waals surface area contributed by atoms with Crippen LogP contribution in [-0.2, 0) is 23.0 Å². The van der Waals surface area contributed by atoms with Crippen LogP contribution in [-0.4, -0.2) is 26.5 Å². The molecule has 0 radical (unpaired) electrons. The van der Waals surface area contributed by atoms with Crippen molar-refractivity contribution < 1.29 is 8.42 Å². The fraction of sp³-hybridized carbons (Fsp3) is 0.571. The Morgan fingerprint density at radius 3 is 2.50 bits per heavy atom. The molecule has 1 aromatic rings. The fourth-order valence-corrected chi connectivity index (χ4v) is 4.22. The van der Waals surface area contributed by atoms with Gasteiger partial charge in [-0.15, -0.1) is 0 Å². The van der Waals surface area contributed by atoms with E-state index in [0.29, 0.717) is 11.4 Å². The second kappa shape index (κ2) is 8.02. The standard InChI is InChI=1S/C14H24N2O2S2/c1-4-11-6-7-14(8-12(11)9-15)20(17,18)16-13(5-2)10-19-3/h6-8,13,16H,4-5,9-10,15H2,1-3H3. The molecule has 0 heterocycles. The molecule has 0 aliphatic carbocycles. The van der Waals surface area contributed by atoms with Crippen molar-refractivity contribution in [3.63, 3.8) is 0 Å². The summed E-state index contributed by atoms with van der Waals surface area (Å²) in [6, 6.07) is 5.16. The molecular weight excluding hydrogens is 292 g/mol. The van der Waals surface area contributed by atoms with Crippen LogP contribution < -0.4 is 10.5 Å². The second-order valence-electron chi connectivity index (χ2n) is 4.67. The summed E-state index contributed by atoms with van der Waals surface area (Å²) >= 11 is 1.64. The molecule has 1 unspecified atom stereocenters. The van der Waals surface area contributed by atoms with Crippen LogP contribution in [0.25, 0.3) is 0 Å². The molecular formula is C14H24N2O2S2. The van der Waals surface area contributed by atoms with Crippen molar-refractivity contribution >= 4 is 21.8 Å². The molecule has 0 fully saturated rings. The number of benzene rings is 1. The third-order valence-electron chi connectivity index (χ3n) is 3.27. The average molecular weight is 316 g/mol. The van der Waals surface area contributed by atoms with Gasteiger partial charge in [0.05, 0.1) is 4.90 Å². The van der Waals surface area contributed by atoms with Crippen molar-refractivity contribution in [3.8, 4) is 0 Å². The van der Waals surface area contributed by atoms with Crippen molar-refractivity contribution in [2.45, 2.75) is 44.2 Å². The Kier molecular flexibility index (Phi) is 7.02. The van der Waals surface area contributed by atoms with Crippen LogP contribution in [0.15, 0.2) is 23.1 Å². The zero-order valence-corrected chi connectivity index (χ0v) is 14.0. The lowest BCUT2D eigenvalue weighted by Gasteiger charge is -2.17. The molecule has 1 rings (SSSR count). The molecule has 1 atom stereocenters. The van der Waals surface area contributed by atoms with Gasteiger partial charge in [-0.3, -0.25) is 0 Å². The molecule has 114 valence electrons. The van der Waals surface area contributed by atoms with Crippen molar-refractivity contribution in [3.05, 3.63) is 29.3 Å². The Morgan fingerprint density at radius 1 is 1.30 bits per heavy atom. The quantitative estimate of drug-likeness (QED) is 0.770. The van der Waals surface area contributed by atoms with Crippen LogP contribution in [0.3, 0.4) is 0 Å². The predicted molar refractivity (Wildman–Crippen MR) is 86.5 cm³/mol. The van der Waals surface area contributed by atoms with Gasteiger partial charge in [-0.25, -0.2) is 13.1 Å². The van der Waals surface area contributed by atoms with Gasteiger partial charge in [0.1, 0.15) is 0 Å². The van der Waals surface area contributed by atoms with E-state index >= 15 is 0 Å². The van der Waals surface area contributed by atoms with Crippen molar-refractivity contribution in [2.75, 3.05) is 12.0 Å². The maximum absolute atomic E-state index is 12.4. The summed E-state index contributed by atoms with van der Waals surface area (Å²) in [7, 11) is -3.47. The van der Waals surface area contributed by atoms with E-state index in [4.69, 9.17) is 5.73 Å². The average Bonchev–Trinajstić information content (AvgIpc) is 2.45. The van der Waals surface area contributed by atoms with Crippen LogP contribution in [0.2, 0.25) is 0 Å². The summed E-state index contributed by atoms with van der Waals surface area (Å²) in [5.74, 6) is 0.770. The van der Waals surface area contributed by atoms with Crippen molar-refractivity contribution in [1.82, 2.24) is 4.72 Å². The molecule has 1 aromatic carbocycles. The number of hydrogen-bond donors (Lipinski definition) is 2. The third-order valence-corrected chi connectivity index (χ3v) is 5.53. The predicted octanol–water partition coefficient (Wildman–Crippen LogP) is 2.13. The highest BCUT2D eigenvalue weighted by Crippen LogP contribution is 2.17. The van der Waals surface area contributed by atoms with Gasteiger partial charge in [0.15, 0.2) is 0 Å². The number of hydrogen-bond acceptors (Lipinski definition) is 4. The number of nitrogens with one attached hydrogen (secondary N) is 1. The molecule has 3 N–H and O–H groups in total. The second-order valence-corrected chi connectivity index (χ2v) is 7.29. The first kappa shape index (κ1) is 17.5. The lowest BCUT2D eigenvalue weighted by molar-refractivity contribution is 0.558. The molecule has 0 bridgehead atoms. The molecule has 4 nitrogen and oxygen atoms in total. The number of sulfonamides is 1. The summed E-state index contributed by atoms with van der Waals surface area (Å²) in [6.45, 7) is 4.37. The van der Waals surface area contributed by atoms with Gasteiger partial charge in [-0.2, -0.15) is 11.8 Å². The monoisotopic (exact) mass is 316 g/mol. The Balaban J connectivity index is 3.03. The maximum Gasteiger partial charge on any atom is 0.240 e. The zero-order chi connectivity index (χ0) is 15.2. The van der Waals surface area contributed by atoms with E-state index in [1.807, 2.05) is 26.2 Å². The molecule has 20 heavy (non-hydrogen) atoms. The zero-order valence-electron chi connectivity index (χ0n) is 12.3. The van der Waals surface area contributed by atoms with Crippen molar-refractivity contribution in [2.24, 2.45) is 5.73 Å². The van der Waals surface area contributed by atoms with Crippen LogP contribution in [0.5, 0.6) is 0 Å². The first-order chi connectivity index (χ1) is 9.48. The van der Waals surface area contributed by atoms with E-state index in [1.54, 1.807) is 23.9 Å². The highest BCUT2D eigenvalue weighted by molar-refractivity contribution is 7.98. The van der Waals surface area contributed by atoms with Crippen LogP contribution in [0.1, 0.15) is 31.4 Å². The third kappa shape index (κ3) is 4.48. The van der Waals surface area contributed by atoms with Gasteiger partial charge >= 0.3 is 0 Å². The lowest BCUT2D eigenvalue weighted by Crippen LogP contribution is -2.36. The summed E-state index contributed by atoms with van der Waals surface area (Å²) in [5, 5.41) is 0. The molecule has 0 aliphatic rings. The Labute approximate surface area is 126 Å². The van der Waals surface area contributed by atoms with Gasteiger partial charge in [-0.1, -0.05) is 19.9 Å². The summed E-state index contributed by atoms with van der Waals surface area (Å²) in [4.78, 5) is 0.301. The molecule has 0 spiro atoms. The Bertz CT molecular complexity index is 530. The van der Waals surface area contributed by atoms with Crippen LogP contribution in [0.4, 0.5) is 0 Å². The van der Waals surface area contributed by atoms with Gasteiger partial charge in [0.25, 0.3) is 0 Å². The van der Waals surface area contributed by atoms with E-state index in [2.05, 4.69) is 4.72 Å². The largest absolute Gasteiger partial charge is 0.326 e. The molecule has 0 saturated heterocycles. The normalized spacial score (nSPS) is 13.4. The van der Waals surface area contributed by atoms with Gasteiger partial charge in [-0.05, 0) is 42.4 Å². The van der Waals surface area contributed by atoms with E-state index in [0.717, 1.165) is 29.7 Å². The van der Waals surface area contributed by atoms with Gasteiger partial charge in [0.2, 0.25) is 10.0 Å². The minimum absolute atomic E-state index is 0.0396. The summed E-state index contributed by atoms with van der Waals surface area (Å²) in [5.41, 5.74) is 7.69. The number of rotatable bonds is 8. The SMILES string of the molecule is CCc1ccc(S(=O)(=O)NC(CC)CSC)cc1CN. The van der Waals surface area contributed by atoms with Crippen molar-refractivity contribution in [1.29, 1.82) is 0 Å². The summed E-state index contributed by atoms with van der Waals surface area (Å²) in [6.07, 6.45) is 3.60. The molecule has 0 saturated carbocycles. The maximum atomic E-state index is 12.4.